The fraction of sp³-hybridized carbons (Fsp3) is 0.400. The van der Waals surface area contributed by atoms with Crippen molar-refractivity contribution in [1.82, 2.24) is 10.6 Å². The van der Waals surface area contributed by atoms with Crippen LogP contribution in [0.4, 0.5) is 26.3 Å². The molecule has 1 saturated heterocycles. The van der Waals surface area contributed by atoms with E-state index in [1.54, 1.807) is 0 Å². The van der Waals surface area contributed by atoms with Crippen LogP contribution < -0.4 is 10.6 Å². The van der Waals surface area contributed by atoms with Gasteiger partial charge >= 0.3 is 12.4 Å². The van der Waals surface area contributed by atoms with Crippen molar-refractivity contribution in [3.63, 3.8) is 0 Å². The summed E-state index contributed by atoms with van der Waals surface area (Å²) in [7, 11) is 0. The Hall–Kier alpha value is -2.85. The lowest BCUT2D eigenvalue weighted by atomic mass is 9.82. The fourth-order valence-corrected chi connectivity index (χ4v) is 4.41. The van der Waals surface area contributed by atoms with Crippen molar-refractivity contribution >= 4 is 5.91 Å². The highest BCUT2D eigenvalue weighted by atomic mass is 19.4. The van der Waals surface area contributed by atoms with Crippen LogP contribution in [0.1, 0.15) is 48.1 Å². The highest BCUT2D eigenvalue weighted by Crippen LogP contribution is 2.39. The van der Waals surface area contributed by atoms with Gasteiger partial charge in [0.15, 0.2) is 0 Å². The first-order chi connectivity index (χ1) is 16.3. The van der Waals surface area contributed by atoms with E-state index in [0.717, 1.165) is 5.56 Å². The third-order valence-corrected chi connectivity index (χ3v) is 6.52. The van der Waals surface area contributed by atoms with E-state index in [-0.39, 0.29) is 24.1 Å². The molecule has 0 bridgehead atoms. The molecule has 0 aliphatic carbocycles. The smallest absolute Gasteiger partial charge is 0.371 e. The molecular weight excluding hydrogens is 474 g/mol. The van der Waals surface area contributed by atoms with Gasteiger partial charge in [-0.3, -0.25) is 10.1 Å². The van der Waals surface area contributed by atoms with E-state index in [4.69, 9.17) is 4.74 Å². The molecule has 2 aromatic carbocycles. The maximum atomic E-state index is 13.3. The summed E-state index contributed by atoms with van der Waals surface area (Å²) in [4.78, 5) is 11.8. The lowest BCUT2D eigenvalue weighted by Crippen LogP contribution is -2.58. The van der Waals surface area contributed by atoms with Crippen LogP contribution in [0.5, 0.6) is 0 Å². The molecule has 1 amide bonds. The zero-order valence-electron chi connectivity index (χ0n) is 18.8. The van der Waals surface area contributed by atoms with Crippen LogP contribution in [0.15, 0.2) is 60.7 Å². The van der Waals surface area contributed by atoms with Crippen LogP contribution in [0, 0.1) is 0 Å². The van der Waals surface area contributed by atoms with Gasteiger partial charge in [-0.1, -0.05) is 42.5 Å². The van der Waals surface area contributed by atoms with E-state index in [9.17, 15) is 31.1 Å². The van der Waals surface area contributed by atoms with Crippen LogP contribution in [0.25, 0.3) is 0 Å². The SMILES string of the molecule is CC(OCC1(c2ccccc2)C=CC2(CCC(=O)N2)CN1)c1cc(C(F)(F)F)cc(C(F)(F)F)c1. The normalized spacial score (nSPS) is 25.6. The minimum Gasteiger partial charge on any atom is -0.371 e. The molecule has 2 aliphatic heterocycles. The molecule has 4 rings (SSSR count). The summed E-state index contributed by atoms with van der Waals surface area (Å²) >= 11 is 0. The molecule has 4 nitrogen and oxygen atoms in total. The van der Waals surface area contributed by atoms with E-state index in [1.165, 1.54) is 6.92 Å². The summed E-state index contributed by atoms with van der Waals surface area (Å²) in [6.45, 7) is 1.75. The number of carbonyl (C=O) groups excluding carboxylic acids is 1. The first-order valence-corrected chi connectivity index (χ1v) is 11.0. The van der Waals surface area contributed by atoms with E-state index < -0.39 is 40.7 Å². The van der Waals surface area contributed by atoms with Gasteiger partial charge in [-0.25, -0.2) is 0 Å². The van der Waals surface area contributed by atoms with Crippen molar-refractivity contribution in [2.75, 3.05) is 13.2 Å². The van der Waals surface area contributed by atoms with Crippen LogP contribution in [-0.2, 0) is 27.4 Å². The van der Waals surface area contributed by atoms with Crippen molar-refractivity contribution in [3.8, 4) is 0 Å². The minimum atomic E-state index is -4.94. The number of alkyl halides is 6. The van der Waals surface area contributed by atoms with Gasteiger partial charge in [-0.2, -0.15) is 26.3 Å². The molecule has 1 spiro atoms. The van der Waals surface area contributed by atoms with Gasteiger partial charge in [0.2, 0.25) is 5.91 Å². The van der Waals surface area contributed by atoms with Gasteiger partial charge in [0, 0.05) is 13.0 Å². The van der Waals surface area contributed by atoms with E-state index in [2.05, 4.69) is 10.6 Å². The van der Waals surface area contributed by atoms with Crippen LogP contribution in [0.3, 0.4) is 0 Å². The molecule has 3 atom stereocenters. The van der Waals surface area contributed by atoms with Crippen molar-refractivity contribution in [2.24, 2.45) is 0 Å². The zero-order chi connectivity index (χ0) is 25.5. The molecule has 35 heavy (non-hydrogen) atoms. The Morgan fingerprint density at radius 3 is 2.09 bits per heavy atom. The third-order valence-electron chi connectivity index (χ3n) is 6.52. The number of halogens is 6. The van der Waals surface area contributed by atoms with Crippen LogP contribution in [0.2, 0.25) is 0 Å². The Balaban J connectivity index is 1.62. The van der Waals surface area contributed by atoms with Crippen molar-refractivity contribution in [3.05, 3.63) is 82.9 Å². The fourth-order valence-electron chi connectivity index (χ4n) is 4.41. The molecule has 10 heteroatoms. The summed E-state index contributed by atoms with van der Waals surface area (Å²) in [5, 5.41) is 6.34. The molecule has 0 saturated carbocycles. The number of amides is 1. The molecule has 2 aromatic rings. The van der Waals surface area contributed by atoms with Crippen LogP contribution >= 0.6 is 0 Å². The molecule has 188 valence electrons. The number of benzene rings is 2. The van der Waals surface area contributed by atoms with Gasteiger partial charge in [0.05, 0.1) is 34.9 Å². The highest BCUT2D eigenvalue weighted by molar-refractivity contribution is 5.80. The summed E-state index contributed by atoms with van der Waals surface area (Å²) in [6, 6.07) is 10.6. The number of hydrogen-bond acceptors (Lipinski definition) is 3. The summed E-state index contributed by atoms with van der Waals surface area (Å²) in [5.41, 5.74) is -3.61. The quantitative estimate of drug-likeness (QED) is 0.423. The molecule has 2 heterocycles. The number of nitrogens with one attached hydrogen (secondary N) is 2. The van der Waals surface area contributed by atoms with Gasteiger partial charge in [-0.15, -0.1) is 0 Å². The Kier molecular flexibility index (Phi) is 6.48. The zero-order valence-corrected chi connectivity index (χ0v) is 18.8. The second-order valence-electron chi connectivity index (χ2n) is 9.02. The van der Waals surface area contributed by atoms with Crippen molar-refractivity contribution < 1.29 is 35.9 Å². The molecule has 1 fully saturated rings. The Morgan fingerprint density at radius 1 is 0.971 bits per heavy atom. The standard InChI is InChI=1S/C25H24F6N2O2/c1-16(17-11-19(24(26,27)28)13-20(12-17)25(29,30)31)35-15-23(18-5-3-2-4-6-18)10-9-22(14-32-23)8-7-21(34)33-22/h2-6,9-13,16,32H,7-8,14-15H2,1H3,(H,33,34). The maximum absolute atomic E-state index is 13.3. The number of hydrogen-bond donors (Lipinski definition) is 2. The average Bonchev–Trinajstić information content (AvgIpc) is 3.18. The average molecular weight is 498 g/mol. The number of ether oxygens (including phenoxy) is 1. The largest absolute Gasteiger partial charge is 0.416 e. The first-order valence-electron chi connectivity index (χ1n) is 11.0. The van der Waals surface area contributed by atoms with Gasteiger partial charge in [-0.05, 0) is 42.7 Å². The molecular formula is C25H24F6N2O2. The lowest BCUT2D eigenvalue weighted by Gasteiger charge is -2.42. The van der Waals surface area contributed by atoms with Crippen molar-refractivity contribution in [1.29, 1.82) is 0 Å². The monoisotopic (exact) mass is 498 g/mol. The van der Waals surface area contributed by atoms with Crippen LogP contribution in [-0.4, -0.2) is 24.6 Å². The predicted molar refractivity (Wildman–Crippen MR) is 116 cm³/mol. The summed E-state index contributed by atoms with van der Waals surface area (Å²) in [6.07, 6.45) is -6.18. The predicted octanol–water partition coefficient (Wildman–Crippen LogP) is 5.51. The first kappa shape index (κ1) is 25.2. The minimum absolute atomic E-state index is 0.0569. The second-order valence-corrected chi connectivity index (χ2v) is 9.02. The molecule has 3 unspecified atom stereocenters. The van der Waals surface area contributed by atoms with E-state index in [1.807, 2.05) is 42.5 Å². The van der Waals surface area contributed by atoms with Gasteiger partial charge in [0.25, 0.3) is 0 Å². The Labute approximate surface area is 198 Å². The molecule has 2 N–H and O–H groups in total. The topological polar surface area (TPSA) is 50.4 Å². The van der Waals surface area contributed by atoms with E-state index in [0.29, 0.717) is 31.5 Å². The van der Waals surface area contributed by atoms with Gasteiger partial charge in [0.1, 0.15) is 0 Å². The summed E-state index contributed by atoms with van der Waals surface area (Å²) < 4.78 is 85.5. The van der Waals surface area contributed by atoms with Crippen molar-refractivity contribution in [2.45, 2.75) is 49.3 Å². The molecule has 0 aromatic heterocycles. The number of rotatable bonds is 5. The Bertz CT molecular complexity index is 1080. The number of carbonyl (C=O) groups is 1. The molecule has 0 radical (unpaired) electrons. The Morgan fingerprint density at radius 2 is 1.60 bits per heavy atom. The highest BCUT2D eigenvalue weighted by Gasteiger charge is 2.43. The second kappa shape index (κ2) is 8.98. The third kappa shape index (κ3) is 5.38. The van der Waals surface area contributed by atoms with E-state index >= 15 is 0 Å². The maximum Gasteiger partial charge on any atom is 0.416 e. The van der Waals surface area contributed by atoms with Gasteiger partial charge < -0.3 is 10.1 Å². The molecule has 2 aliphatic rings. The summed E-state index contributed by atoms with van der Waals surface area (Å²) in [5.74, 6) is -0.0569. The lowest BCUT2D eigenvalue weighted by molar-refractivity contribution is -0.143.